The van der Waals surface area contributed by atoms with Gasteiger partial charge < -0.3 is 4.74 Å². The van der Waals surface area contributed by atoms with Crippen molar-refractivity contribution in [1.29, 1.82) is 0 Å². The Morgan fingerprint density at radius 3 is 2.46 bits per heavy atom. The van der Waals surface area contributed by atoms with Crippen LogP contribution in [0.25, 0.3) is 11.3 Å². The number of hydrogen-bond acceptors (Lipinski definition) is 3. The van der Waals surface area contributed by atoms with E-state index in [9.17, 15) is 4.79 Å². The van der Waals surface area contributed by atoms with E-state index in [-0.39, 0.29) is 5.56 Å². The maximum absolute atomic E-state index is 11.9. The summed E-state index contributed by atoms with van der Waals surface area (Å²) in [7, 11) is 0. The highest BCUT2D eigenvalue weighted by Crippen LogP contribution is 2.16. The van der Waals surface area contributed by atoms with Gasteiger partial charge in [-0.2, -0.15) is 5.10 Å². The first-order valence-corrected chi connectivity index (χ1v) is 8.12. The van der Waals surface area contributed by atoms with Gasteiger partial charge in [0.05, 0.1) is 12.3 Å². The molecule has 0 aliphatic rings. The SMILES string of the molecule is O=c1ccc(-c2ccccc2)nn1CCCOc1ccc(Cl)cc1. The normalized spacial score (nSPS) is 10.5. The van der Waals surface area contributed by atoms with Gasteiger partial charge in [0.1, 0.15) is 5.75 Å². The molecule has 1 aromatic heterocycles. The van der Waals surface area contributed by atoms with Gasteiger partial charge in [-0.15, -0.1) is 0 Å². The summed E-state index contributed by atoms with van der Waals surface area (Å²) in [6.45, 7) is 1.01. The molecule has 0 N–H and O–H groups in total. The van der Waals surface area contributed by atoms with Crippen LogP contribution in [0.4, 0.5) is 0 Å². The van der Waals surface area contributed by atoms with Crippen LogP contribution in [0.3, 0.4) is 0 Å². The van der Waals surface area contributed by atoms with Crippen molar-refractivity contribution in [3.05, 3.63) is 82.1 Å². The molecule has 24 heavy (non-hydrogen) atoms. The van der Waals surface area contributed by atoms with E-state index in [1.807, 2.05) is 42.5 Å². The van der Waals surface area contributed by atoms with E-state index in [1.165, 1.54) is 4.68 Å². The van der Waals surface area contributed by atoms with Crippen molar-refractivity contribution >= 4 is 11.6 Å². The zero-order chi connectivity index (χ0) is 16.8. The largest absolute Gasteiger partial charge is 0.494 e. The van der Waals surface area contributed by atoms with Crippen molar-refractivity contribution in [2.24, 2.45) is 0 Å². The maximum atomic E-state index is 11.9. The molecule has 0 saturated carbocycles. The standard InChI is InChI=1S/C19H17ClN2O2/c20-16-7-9-17(10-8-16)24-14-4-13-22-19(23)12-11-18(21-22)15-5-2-1-3-6-15/h1-3,5-12H,4,13-14H2. The molecule has 0 amide bonds. The molecule has 0 bridgehead atoms. The van der Waals surface area contributed by atoms with E-state index in [0.29, 0.717) is 24.6 Å². The van der Waals surface area contributed by atoms with Crippen LogP contribution in [0.15, 0.2) is 71.5 Å². The van der Waals surface area contributed by atoms with Crippen LogP contribution in [-0.2, 0) is 6.54 Å². The van der Waals surface area contributed by atoms with Gasteiger partial charge in [-0.05, 0) is 30.3 Å². The predicted octanol–water partition coefficient (Wildman–Crippen LogP) is 4.03. The molecule has 0 fully saturated rings. The molecular formula is C19H17ClN2O2. The lowest BCUT2D eigenvalue weighted by molar-refractivity contribution is 0.297. The van der Waals surface area contributed by atoms with Crippen LogP contribution in [0.5, 0.6) is 5.75 Å². The lowest BCUT2D eigenvalue weighted by atomic mass is 10.1. The maximum Gasteiger partial charge on any atom is 0.266 e. The molecule has 0 unspecified atom stereocenters. The Morgan fingerprint density at radius 2 is 1.71 bits per heavy atom. The smallest absolute Gasteiger partial charge is 0.266 e. The Kier molecular flexibility index (Phi) is 5.29. The molecule has 122 valence electrons. The Morgan fingerprint density at radius 1 is 0.958 bits per heavy atom. The monoisotopic (exact) mass is 340 g/mol. The number of benzene rings is 2. The Labute approximate surface area is 145 Å². The van der Waals surface area contributed by atoms with E-state index in [4.69, 9.17) is 16.3 Å². The number of halogens is 1. The first-order chi connectivity index (χ1) is 11.7. The lowest BCUT2D eigenvalue weighted by Crippen LogP contribution is -2.23. The summed E-state index contributed by atoms with van der Waals surface area (Å²) in [5.41, 5.74) is 1.67. The molecule has 0 aliphatic carbocycles. The van der Waals surface area contributed by atoms with Gasteiger partial charge in [0.2, 0.25) is 0 Å². The first kappa shape index (κ1) is 16.3. The Balaban J connectivity index is 1.60. The van der Waals surface area contributed by atoms with Gasteiger partial charge in [-0.1, -0.05) is 41.9 Å². The zero-order valence-corrected chi connectivity index (χ0v) is 13.8. The third kappa shape index (κ3) is 4.24. The predicted molar refractivity (Wildman–Crippen MR) is 95.5 cm³/mol. The number of aromatic nitrogens is 2. The zero-order valence-electron chi connectivity index (χ0n) is 13.1. The van der Waals surface area contributed by atoms with Gasteiger partial charge in [0, 0.05) is 29.6 Å². The summed E-state index contributed by atoms with van der Waals surface area (Å²) in [6.07, 6.45) is 0.688. The highest BCUT2D eigenvalue weighted by atomic mass is 35.5. The van der Waals surface area contributed by atoms with Gasteiger partial charge in [0.15, 0.2) is 0 Å². The molecule has 2 aromatic carbocycles. The summed E-state index contributed by atoms with van der Waals surface area (Å²) in [6, 6.07) is 20.3. The number of rotatable bonds is 6. The topological polar surface area (TPSA) is 44.1 Å². The molecule has 0 aliphatic heterocycles. The second-order valence-electron chi connectivity index (χ2n) is 5.30. The summed E-state index contributed by atoms with van der Waals surface area (Å²) < 4.78 is 7.12. The van der Waals surface area contributed by atoms with Crippen molar-refractivity contribution < 1.29 is 4.74 Å². The van der Waals surface area contributed by atoms with E-state index in [1.54, 1.807) is 24.3 Å². The third-order valence-electron chi connectivity index (χ3n) is 3.53. The van der Waals surface area contributed by atoms with Crippen LogP contribution in [0.1, 0.15) is 6.42 Å². The summed E-state index contributed by atoms with van der Waals surface area (Å²) in [5.74, 6) is 0.762. The van der Waals surface area contributed by atoms with Crippen LogP contribution in [0.2, 0.25) is 5.02 Å². The lowest BCUT2D eigenvalue weighted by Gasteiger charge is -2.08. The second-order valence-corrected chi connectivity index (χ2v) is 5.74. The van der Waals surface area contributed by atoms with Crippen LogP contribution < -0.4 is 10.3 Å². The average Bonchev–Trinajstić information content (AvgIpc) is 2.62. The highest BCUT2D eigenvalue weighted by Gasteiger charge is 2.03. The van der Waals surface area contributed by atoms with Gasteiger partial charge in [-0.3, -0.25) is 4.79 Å². The minimum Gasteiger partial charge on any atom is -0.494 e. The van der Waals surface area contributed by atoms with Gasteiger partial charge in [-0.25, -0.2) is 4.68 Å². The fourth-order valence-corrected chi connectivity index (χ4v) is 2.43. The number of nitrogens with zero attached hydrogens (tertiary/aromatic N) is 2. The average molecular weight is 341 g/mol. The van der Waals surface area contributed by atoms with Gasteiger partial charge >= 0.3 is 0 Å². The molecular weight excluding hydrogens is 324 g/mol. The van der Waals surface area contributed by atoms with Crippen molar-refractivity contribution in [2.45, 2.75) is 13.0 Å². The summed E-state index contributed by atoms with van der Waals surface area (Å²) >= 11 is 5.83. The molecule has 5 heteroatoms. The Bertz CT molecular complexity index is 845. The summed E-state index contributed by atoms with van der Waals surface area (Å²) in [4.78, 5) is 11.9. The van der Waals surface area contributed by atoms with Crippen molar-refractivity contribution in [3.8, 4) is 17.0 Å². The second kappa shape index (κ2) is 7.79. The fraction of sp³-hybridized carbons (Fsp3) is 0.158. The van der Waals surface area contributed by atoms with Crippen LogP contribution >= 0.6 is 11.6 Å². The number of aryl methyl sites for hydroxylation is 1. The fourth-order valence-electron chi connectivity index (χ4n) is 2.31. The molecule has 0 atom stereocenters. The quantitative estimate of drug-likeness (QED) is 0.636. The number of hydrogen-bond donors (Lipinski definition) is 0. The molecule has 4 nitrogen and oxygen atoms in total. The molecule has 0 spiro atoms. The molecule has 1 heterocycles. The van der Waals surface area contributed by atoms with Gasteiger partial charge in [0.25, 0.3) is 5.56 Å². The minimum atomic E-state index is -0.110. The van der Waals surface area contributed by atoms with E-state index < -0.39 is 0 Å². The van der Waals surface area contributed by atoms with Crippen LogP contribution in [0, 0.1) is 0 Å². The number of ether oxygens (including phenoxy) is 1. The third-order valence-corrected chi connectivity index (χ3v) is 3.78. The summed E-state index contributed by atoms with van der Waals surface area (Å²) in [5, 5.41) is 5.11. The van der Waals surface area contributed by atoms with E-state index in [2.05, 4.69) is 5.10 Å². The van der Waals surface area contributed by atoms with E-state index >= 15 is 0 Å². The molecule has 0 radical (unpaired) electrons. The molecule has 3 rings (SSSR count). The highest BCUT2D eigenvalue weighted by molar-refractivity contribution is 6.30. The van der Waals surface area contributed by atoms with Crippen molar-refractivity contribution in [1.82, 2.24) is 9.78 Å². The molecule has 3 aromatic rings. The van der Waals surface area contributed by atoms with Crippen molar-refractivity contribution in [2.75, 3.05) is 6.61 Å². The van der Waals surface area contributed by atoms with E-state index in [0.717, 1.165) is 17.0 Å². The minimum absolute atomic E-state index is 0.110. The first-order valence-electron chi connectivity index (χ1n) is 7.74. The Hall–Kier alpha value is -2.59. The molecule has 0 saturated heterocycles. The van der Waals surface area contributed by atoms with Crippen molar-refractivity contribution in [3.63, 3.8) is 0 Å². The van der Waals surface area contributed by atoms with Crippen LogP contribution in [-0.4, -0.2) is 16.4 Å².